The third-order valence-electron chi connectivity index (χ3n) is 7.31. The largest absolute Gasteiger partial charge is 0.307 e. The minimum Gasteiger partial charge on any atom is -0.307 e. The standard InChI is InChI=1S/C34H21N3S/c1-2-8-22(9-3-1)25-10-6-11-26-31-30(38-34(25)26)19-18-27-32-29(13-7-21-36-32)37(33(27)31)24-16-14-23(15-17-24)28-12-4-5-20-35-28/h1-21H. The van der Waals surface area contributed by atoms with Gasteiger partial charge in [0.1, 0.15) is 0 Å². The Morgan fingerprint density at radius 1 is 0.579 bits per heavy atom. The van der Waals surface area contributed by atoms with Crippen molar-refractivity contribution in [1.82, 2.24) is 14.5 Å². The Kier molecular flexibility index (Phi) is 4.69. The van der Waals surface area contributed by atoms with Crippen molar-refractivity contribution in [3.05, 3.63) is 128 Å². The summed E-state index contributed by atoms with van der Waals surface area (Å²) in [5.74, 6) is 0. The van der Waals surface area contributed by atoms with E-state index in [1.807, 2.05) is 48.0 Å². The maximum atomic E-state index is 4.83. The van der Waals surface area contributed by atoms with E-state index >= 15 is 0 Å². The van der Waals surface area contributed by atoms with E-state index in [0.717, 1.165) is 28.0 Å². The van der Waals surface area contributed by atoms with Gasteiger partial charge in [0, 0.05) is 49.2 Å². The van der Waals surface area contributed by atoms with E-state index in [0.29, 0.717) is 0 Å². The van der Waals surface area contributed by atoms with Gasteiger partial charge in [-0.3, -0.25) is 9.97 Å². The molecule has 4 heteroatoms. The van der Waals surface area contributed by atoms with E-state index < -0.39 is 0 Å². The van der Waals surface area contributed by atoms with Gasteiger partial charge in [0.25, 0.3) is 0 Å². The zero-order valence-corrected chi connectivity index (χ0v) is 21.2. The lowest BCUT2D eigenvalue weighted by Crippen LogP contribution is -1.94. The number of pyridine rings is 2. The van der Waals surface area contributed by atoms with Crippen LogP contribution in [0.25, 0.3) is 70.2 Å². The molecule has 0 aliphatic heterocycles. The van der Waals surface area contributed by atoms with Crippen LogP contribution >= 0.6 is 11.3 Å². The number of benzene rings is 4. The first-order valence-electron chi connectivity index (χ1n) is 12.7. The molecule has 0 aliphatic carbocycles. The molecule has 8 rings (SSSR count). The lowest BCUT2D eigenvalue weighted by atomic mass is 10.0. The summed E-state index contributed by atoms with van der Waals surface area (Å²) in [6.45, 7) is 0. The highest BCUT2D eigenvalue weighted by Crippen LogP contribution is 2.45. The molecule has 4 aromatic heterocycles. The maximum absolute atomic E-state index is 4.83. The Labute approximate surface area is 223 Å². The fourth-order valence-electron chi connectivity index (χ4n) is 5.63. The third-order valence-corrected chi connectivity index (χ3v) is 8.52. The molecule has 0 bridgehead atoms. The van der Waals surface area contributed by atoms with Crippen molar-refractivity contribution in [2.45, 2.75) is 0 Å². The van der Waals surface area contributed by atoms with Crippen LogP contribution < -0.4 is 0 Å². The third kappa shape index (κ3) is 3.14. The van der Waals surface area contributed by atoms with Gasteiger partial charge in [-0.25, -0.2) is 0 Å². The first-order chi connectivity index (χ1) is 18.9. The molecule has 0 spiro atoms. The van der Waals surface area contributed by atoms with E-state index in [2.05, 4.69) is 101 Å². The Morgan fingerprint density at radius 3 is 2.26 bits per heavy atom. The molecule has 0 saturated carbocycles. The minimum absolute atomic E-state index is 0.975. The number of hydrogen-bond acceptors (Lipinski definition) is 3. The monoisotopic (exact) mass is 503 g/mol. The van der Waals surface area contributed by atoms with Crippen molar-refractivity contribution in [1.29, 1.82) is 0 Å². The molecule has 4 aromatic carbocycles. The zero-order chi connectivity index (χ0) is 25.1. The van der Waals surface area contributed by atoms with Crippen molar-refractivity contribution in [2.24, 2.45) is 0 Å². The van der Waals surface area contributed by atoms with Gasteiger partial charge in [0.2, 0.25) is 0 Å². The number of thiophene rings is 1. The van der Waals surface area contributed by atoms with Crippen LogP contribution in [0, 0.1) is 0 Å². The molecular weight excluding hydrogens is 482 g/mol. The zero-order valence-electron chi connectivity index (χ0n) is 20.4. The summed E-state index contributed by atoms with van der Waals surface area (Å²) in [4.78, 5) is 9.36. The normalized spacial score (nSPS) is 11.7. The van der Waals surface area contributed by atoms with Crippen LogP contribution in [0.15, 0.2) is 128 Å². The Bertz CT molecular complexity index is 2110. The predicted molar refractivity (Wildman–Crippen MR) is 160 cm³/mol. The minimum atomic E-state index is 0.975. The second-order valence-corrected chi connectivity index (χ2v) is 10.5. The van der Waals surface area contributed by atoms with Crippen molar-refractivity contribution in [3.8, 4) is 28.1 Å². The molecular formula is C34H21N3S. The average molecular weight is 504 g/mol. The molecule has 3 nitrogen and oxygen atoms in total. The molecule has 0 radical (unpaired) electrons. The van der Waals surface area contributed by atoms with Gasteiger partial charge in [-0.1, -0.05) is 66.7 Å². The lowest BCUT2D eigenvalue weighted by Gasteiger charge is -2.10. The molecule has 178 valence electrons. The van der Waals surface area contributed by atoms with E-state index in [-0.39, 0.29) is 0 Å². The highest BCUT2D eigenvalue weighted by Gasteiger charge is 2.20. The number of fused-ring (bicyclic) bond motifs is 7. The topological polar surface area (TPSA) is 30.7 Å². The summed E-state index contributed by atoms with van der Waals surface area (Å²) in [6, 6.07) is 40.8. The second-order valence-electron chi connectivity index (χ2n) is 9.45. The molecule has 0 unspecified atom stereocenters. The van der Waals surface area contributed by atoms with Crippen molar-refractivity contribution in [3.63, 3.8) is 0 Å². The Hall–Kier alpha value is -4.80. The van der Waals surface area contributed by atoms with Gasteiger partial charge in [-0.2, -0.15) is 0 Å². The molecule has 0 saturated heterocycles. The van der Waals surface area contributed by atoms with Crippen LogP contribution in [0.3, 0.4) is 0 Å². The van der Waals surface area contributed by atoms with E-state index in [4.69, 9.17) is 4.98 Å². The summed E-state index contributed by atoms with van der Waals surface area (Å²) < 4.78 is 4.98. The van der Waals surface area contributed by atoms with E-state index in [9.17, 15) is 0 Å². The predicted octanol–water partition coefficient (Wildman–Crippen LogP) is 9.28. The molecule has 0 amide bonds. The molecule has 0 fully saturated rings. The highest BCUT2D eigenvalue weighted by molar-refractivity contribution is 7.26. The first kappa shape index (κ1) is 21.3. The molecule has 0 N–H and O–H groups in total. The number of hydrogen-bond donors (Lipinski definition) is 0. The number of rotatable bonds is 3. The second kappa shape index (κ2) is 8.37. The van der Waals surface area contributed by atoms with Crippen molar-refractivity contribution in [2.75, 3.05) is 0 Å². The molecule has 38 heavy (non-hydrogen) atoms. The number of aromatic nitrogens is 3. The molecule has 4 heterocycles. The van der Waals surface area contributed by atoms with Gasteiger partial charge in [-0.05, 0) is 59.7 Å². The fourth-order valence-corrected chi connectivity index (χ4v) is 6.87. The quantitative estimate of drug-likeness (QED) is 0.240. The summed E-state index contributed by atoms with van der Waals surface area (Å²) in [6.07, 6.45) is 3.73. The summed E-state index contributed by atoms with van der Waals surface area (Å²) >= 11 is 1.87. The van der Waals surface area contributed by atoms with Crippen LogP contribution in [0.4, 0.5) is 0 Å². The van der Waals surface area contributed by atoms with Gasteiger partial charge < -0.3 is 4.57 Å². The molecule has 0 atom stereocenters. The van der Waals surface area contributed by atoms with Gasteiger partial charge in [0.05, 0.1) is 22.2 Å². The SMILES string of the molecule is c1ccc(-c2cccc3c2sc2ccc4c5ncccc5n(-c5ccc(-c6ccccn6)cc5)c4c23)cc1. The van der Waals surface area contributed by atoms with E-state index in [1.165, 1.54) is 42.2 Å². The summed E-state index contributed by atoms with van der Waals surface area (Å²) in [5, 5.41) is 3.74. The fraction of sp³-hybridized carbons (Fsp3) is 0. The summed E-state index contributed by atoms with van der Waals surface area (Å²) in [7, 11) is 0. The van der Waals surface area contributed by atoms with Crippen LogP contribution in [0.1, 0.15) is 0 Å². The smallest absolute Gasteiger partial charge is 0.0963 e. The van der Waals surface area contributed by atoms with E-state index in [1.54, 1.807) is 0 Å². The van der Waals surface area contributed by atoms with Gasteiger partial charge >= 0.3 is 0 Å². The lowest BCUT2D eigenvalue weighted by molar-refractivity contribution is 1.18. The van der Waals surface area contributed by atoms with Crippen LogP contribution in [0.2, 0.25) is 0 Å². The number of nitrogens with zero attached hydrogens (tertiary/aromatic N) is 3. The Balaban J connectivity index is 1.45. The average Bonchev–Trinajstić information content (AvgIpc) is 3.54. The summed E-state index contributed by atoms with van der Waals surface area (Å²) in [5.41, 5.74) is 9.05. The van der Waals surface area contributed by atoms with Crippen molar-refractivity contribution >= 4 is 53.4 Å². The molecule has 8 aromatic rings. The van der Waals surface area contributed by atoms with Gasteiger partial charge in [0.15, 0.2) is 0 Å². The van der Waals surface area contributed by atoms with Gasteiger partial charge in [-0.15, -0.1) is 11.3 Å². The Morgan fingerprint density at radius 2 is 1.42 bits per heavy atom. The maximum Gasteiger partial charge on any atom is 0.0963 e. The van der Waals surface area contributed by atoms with Crippen LogP contribution in [-0.2, 0) is 0 Å². The molecule has 0 aliphatic rings. The highest BCUT2D eigenvalue weighted by atomic mass is 32.1. The first-order valence-corrected chi connectivity index (χ1v) is 13.5. The van der Waals surface area contributed by atoms with Crippen LogP contribution in [-0.4, -0.2) is 14.5 Å². The van der Waals surface area contributed by atoms with Crippen molar-refractivity contribution < 1.29 is 0 Å². The van der Waals surface area contributed by atoms with Crippen LogP contribution in [0.5, 0.6) is 0 Å².